The van der Waals surface area contributed by atoms with E-state index in [2.05, 4.69) is 4.98 Å². The van der Waals surface area contributed by atoms with E-state index in [0.717, 1.165) is 11.3 Å². The molecule has 1 fully saturated rings. The average molecular weight is 475 g/mol. The summed E-state index contributed by atoms with van der Waals surface area (Å²) in [5, 5.41) is 0. The van der Waals surface area contributed by atoms with Crippen molar-refractivity contribution in [2.75, 3.05) is 13.1 Å². The number of carbonyl (C=O) groups is 2. The maximum absolute atomic E-state index is 12.4. The highest BCUT2D eigenvalue weighted by atomic mass is 16.6. The minimum absolute atomic E-state index is 0.0649. The quantitative estimate of drug-likeness (QED) is 0.548. The third kappa shape index (κ3) is 6.15. The smallest absolute Gasteiger partial charge is 0.410 e. The number of nitrogens with zero attached hydrogens (tertiary/aromatic N) is 3. The zero-order valence-corrected chi connectivity index (χ0v) is 20.2. The zero-order valence-electron chi connectivity index (χ0n) is 20.2. The molecule has 2 N–H and O–H groups in total. The van der Waals surface area contributed by atoms with E-state index < -0.39 is 11.5 Å². The van der Waals surface area contributed by atoms with Crippen LogP contribution in [0.1, 0.15) is 55.7 Å². The SMILES string of the molecule is CC(C)(C)OC(=O)N1CCC(c2ncc(C(N)=O)c(-c3ccc(Oc4ccccc4)cc3)n2)CC1. The van der Waals surface area contributed by atoms with E-state index in [1.807, 2.05) is 75.4 Å². The average Bonchev–Trinajstić information content (AvgIpc) is 2.84. The van der Waals surface area contributed by atoms with Crippen molar-refractivity contribution >= 4 is 12.0 Å². The van der Waals surface area contributed by atoms with Gasteiger partial charge < -0.3 is 20.1 Å². The van der Waals surface area contributed by atoms with E-state index in [1.54, 1.807) is 4.90 Å². The Balaban J connectivity index is 1.51. The van der Waals surface area contributed by atoms with Crippen LogP contribution in [0.4, 0.5) is 4.79 Å². The Bertz CT molecular complexity index is 1180. The first-order chi connectivity index (χ1) is 16.7. The van der Waals surface area contributed by atoms with Crippen molar-refractivity contribution in [1.82, 2.24) is 14.9 Å². The zero-order chi connectivity index (χ0) is 25.0. The second kappa shape index (κ2) is 10.1. The van der Waals surface area contributed by atoms with Crippen LogP contribution in [0.15, 0.2) is 60.8 Å². The number of hydrogen-bond donors (Lipinski definition) is 1. The van der Waals surface area contributed by atoms with Gasteiger partial charge in [-0.05, 0) is 70.0 Å². The van der Waals surface area contributed by atoms with E-state index in [0.29, 0.717) is 43.2 Å². The molecule has 0 bridgehead atoms. The highest BCUT2D eigenvalue weighted by molar-refractivity contribution is 5.98. The summed E-state index contributed by atoms with van der Waals surface area (Å²) in [4.78, 5) is 35.4. The Hall–Kier alpha value is -3.94. The Morgan fingerprint density at radius 3 is 2.20 bits per heavy atom. The van der Waals surface area contributed by atoms with Crippen LogP contribution >= 0.6 is 0 Å². The molecule has 1 saturated heterocycles. The van der Waals surface area contributed by atoms with Gasteiger partial charge in [-0.15, -0.1) is 0 Å². The van der Waals surface area contributed by atoms with Gasteiger partial charge >= 0.3 is 6.09 Å². The predicted molar refractivity (Wildman–Crippen MR) is 132 cm³/mol. The van der Waals surface area contributed by atoms with E-state index in [9.17, 15) is 9.59 Å². The lowest BCUT2D eigenvalue weighted by molar-refractivity contribution is 0.0203. The number of ether oxygens (including phenoxy) is 2. The lowest BCUT2D eigenvalue weighted by Gasteiger charge is -2.33. The van der Waals surface area contributed by atoms with Crippen LogP contribution in [0.5, 0.6) is 11.5 Å². The summed E-state index contributed by atoms with van der Waals surface area (Å²) in [5.74, 6) is 1.52. The Labute approximate surface area is 205 Å². The van der Waals surface area contributed by atoms with Crippen molar-refractivity contribution in [3.05, 3.63) is 72.2 Å². The largest absolute Gasteiger partial charge is 0.457 e. The van der Waals surface area contributed by atoms with Gasteiger partial charge in [0.2, 0.25) is 0 Å². The maximum Gasteiger partial charge on any atom is 0.410 e. The van der Waals surface area contributed by atoms with Crippen LogP contribution in [0, 0.1) is 0 Å². The number of hydrogen-bond acceptors (Lipinski definition) is 6. The van der Waals surface area contributed by atoms with Gasteiger partial charge in [0.1, 0.15) is 22.9 Å². The maximum atomic E-state index is 12.4. The van der Waals surface area contributed by atoms with Crippen molar-refractivity contribution in [3.63, 3.8) is 0 Å². The molecule has 1 aromatic heterocycles. The number of carbonyl (C=O) groups excluding carboxylic acids is 2. The van der Waals surface area contributed by atoms with Crippen LogP contribution in [-0.4, -0.2) is 45.6 Å². The number of para-hydroxylation sites is 1. The standard InChI is InChI=1S/C27H30N4O4/c1-27(2,3)35-26(33)31-15-13-19(14-16-31)25-29-17-22(24(28)32)23(30-25)18-9-11-21(12-10-18)34-20-7-5-4-6-8-20/h4-12,17,19H,13-16H2,1-3H3,(H2,28,32). The summed E-state index contributed by atoms with van der Waals surface area (Å²) in [7, 11) is 0. The molecule has 0 unspecified atom stereocenters. The van der Waals surface area contributed by atoms with Crippen molar-refractivity contribution < 1.29 is 19.1 Å². The number of benzene rings is 2. The molecule has 1 aliphatic rings. The van der Waals surface area contributed by atoms with Gasteiger partial charge in [-0.1, -0.05) is 18.2 Å². The lowest BCUT2D eigenvalue weighted by atomic mass is 9.95. The normalized spacial score (nSPS) is 14.4. The molecule has 0 spiro atoms. The fourth-order valence-corrected chi connectivity index (χ4v) is 3.94. The van der Waals surface area contributed by atoms with Crippen LogP contribution in [0.2, 0.25) is 0 Å². The summed E-state index contributed by atoms with van der Waals surface area (Å²) < 4.78 is 11.3. The number of aromatic nitrogens is 2. The summed E-state index contributed by atoms with van der Waals surface area (Å²) in [5.41, 5.74) is 6.58. The molecule has 0 radical (unpaired) electrons. The highest BCUT2D eigenvalue weighted by Gasteiger charge is 2.29. The van der Waals surface area contributed by atoms with Gasteiger partial charge in [-0.2, -0.15) is 0 Å². The molecule has 3 aromatic rings. The monoisotopic (exact) mass is 474 g/mol. The number of likely N-dealkylation sites (tertiary alicyclic amines) is 1. The molecule has 35 heavy (non-hydrogen) atoms. The Kier molecular flexibility index (Phi) is 7.00. The van der Waals surface area contributed by atoms with Gasteiger partial charge in [0.05, 0.1) is 11.3 Å². The predicted octanol–water partition coefficient (Wildman–Crippen LogP) is 5.15. The van der Waals surface area contributed by atoms with Crippen molar-refractivity contribution in [3.8, 4) is 22.8 Å². The number of amides is 2. The van der Waals surface area contributed by atoms with Crippen LogP contribution in [-0.2, 0) is 4.74 Å². The lowest BCUT2D eigenvalue weighted by Crippen LogP contribution is -2.41. The minimum Gasteiger partial charge on any atom is -0.457 e. The van der Waals surface area contributed by atoms with E-state index >= 15 is 0 Å². The fourth-order valence-electron chi connectivity index (χ4n) is 3.94. The molecule has 182 valence electrons. The summed E-state index contributed by atoms with van der Waals surface area (Å²) in [6.07, 6.45) is 2.60. The van der Waals surface area contributed by atoms with Gasteiger partial charge in [0, 0.05) is 30.8 Å². The summed E-state index contributed by atoms with van der Waals surface area (Å²) in [6.45, 7) is 6.68. The fraction of sp³-hybridized carbons (Fsp3) is 0.333. The van der Waals surface area contributed by atoms with Crippen LogP contribution in [0.3, 0.4) is 0 Å². The molecule has 8 nitrogen and oxygen atoms in total. The van der Waals surface area contributed by atoms with Crippen molar-refractivity contribution in [2.45, 2.75) is 45.1 Å². The molecule has 2 heterocycles. The number of piperidine rings is 1. The van der Waals surface area contributed by atoms with Gasteiger partial charge in [-0.3, -0.25) is 4.79 Å². The van der Waals surface area contributed by atoms with Crippen LogP contribution < -0.4 is 10.5 Å². The Morgan fingerprint density at radius 2 is 1.60 bits per heavy atom. The number of nitrogens with two attached hydrogens (primary N) is 1. The molecule has 4 rings (SSSR count). The molecular weight excluding hydrogens is 444 g/mol. The molecule has 2 aromatic carbocycles. The van der Waals surface area contributed by atoms with Crippen molar-refractivity contribution in [2.24, 2.45) is 5.73 Å². The topological polar surface area (TPSA) is 108 Å². The molecule has 0 aliphatic carbocycles. The van der Waals surface area contributed by atoms with E-state index in [1.165, 1.54) is 6.20 Å². The molecule has 8 heteroatoms. The minimum atomic E-state index is -0.587. The Morgan fingerprint density at radius 1 is 0.971 bits per heavy atom. The summed E-state index contributed by atoms with van der Waals surface area (Å²) >= 11 is 0. The van der Waals surface area contributed by atoms with E-state index in [-0.39, 0.29) is 17.6 Å². The first kappa shape index (κ1) is 24.2. The molecule has 0 saturated carbocycles. The molecule has 1 aliphatic heterocycles. The third-order valence-electron chi connectivity index (χ3n) is 5.69. The second-order valence-corrected chi connectivity index (χ2v) is 9.54. The molecule has 0 atom stereocenters. The van der Waals surface area contributed by atoms with Crippen molar-refractivity contribution in [1.29, 1.82) is 0 Å². The first-order valence-electron chi connectivity index (χ1n) is 11.7. The van der Waals surface area contributed by atoms with Gasteiger partial charge in [-0.25, -0.2) is 14.8 Å². The molecule has 2 amide bonds. The van der Waals surface area contributed by atoms with Gasteiger partial charge in [0.25, 0.3) is 5.91 Å². The highest BCUT2D eigenvalue weighted by Crippen LogP contribution is 2.31. The second-order valence-electron chi connectivity index (χ2n) is 9.54. The van der Waals surface area contributed by atoms with Crippen LogP contribution in [0.25, 0.3) is 11.3 Å². The molecular formula is C27H30N4O4. The third-order valence-corrected chi connectivity index (χ3v) is 5.69. The summed E-state index contributed by atoms with van der Waals surface area (Å²) in [6, 6.07) is 16.8. The number of primary amides is 1. The number of rotatable bonds is 5. The van der Waals surface area contributed by atoms with E-state index in [4.69, 9.17) is 20.2 Å². The first-order valence-corrected chi connectivity index (χ1v) is 11.7. The van der Waals surface area contributed by atoms with Gasteiger partial charge in [0.15, 0.2) is 0 Å².